The maximum atomic E-state index is 16.0. The number of benzene rings is 2. The molecule has 4 atom stereocenters. The predicted molar refractivity (Wildman–Crippen MR) is 158 cm³/mol. The first kappa shape index (κ1) is 32.7. The van der Waals surface area contributed by atoms with Crippen molar-refractivity contribution in [3.05, 3.63) is 53.5 Å². The van der Waals surface area contributed by atoms with Crippen molar-refractivity contribution in [2.45, 2.75) is 37.6 Å². The number of aromatic hydroxyl groups is 1. The van der Waals surface area contributed by atoms with E-state index in [0.29, 0.717) is 13.2 Å². The second-order valence-corrected chi connectivity index (χ2v) is 11.7. The van der Waals surface area contributed by atoms with Gasteiger partial charge in [-0.05, 0) is 36.7 Å². The topological polar surface area (TPSA) is 101 Å². The van der Waals surface area contributed by atoms with Crippen LogP contribution >= 0.6 is 0 Å². The zero-order valence-electron chi connectivity index (χ0n) is 24.4. The minimum atomic E-state index is -1.26. The van der Waals surface area contributed by atoms with E-state index in [2.05, 4.69) is 25.8 Å². The number of alkyl halides is 2. The largest absolute Gasteiger partial charge is 0.479 e. The molecule has 0 radical (unpaired) electrons. The molecule has 3 saturated heterocycles. The van der Waals surface area contributed by atoms with Gasteiger partial charge in [0.05, 0.1) is 36.4 Å². The van der Waals surface area contributed by atoms with E-state index in [1.807, 2.05) is 0 Å². The van der Waals surface area contributed by atoms with Crippen LogP contribution in [0.25, 0.3) is 32.9 Å². The van der Waals surface area contributed by atoms with E-state index >= 15 is 4.39 Å². The summed E-state index contributed by atoms with van der Waals surface area (Å²) in [5, 5.41) is 10.6. The van der Waals surface area contributed by atoms with Gasteiger partial charge < -0.3 is 25.4 Å². The molecule has 0 amide bonds. The Bertz CT molecular complexity index is 1860. The maximum Gasteiger partial charge on any atom is 0.316 e. The summed E-state index contributed by atoms with van der Waals surface area (Å²) in [6, 6.07) is 3.75. The van der Waals surface area contributed by atoms with Gasteiger partial charge in [0, 0.05) is 66.4 Å². The van der Waals surface area contributed by atoms with Gasteiger partial charge in [-0.2, -0.15) is 16.4 Å². The molecule has 5 heterocycles. The SMILES string of the molecule is C#Cc1c(F)c(F)cc2cc(N)cc(-c3ncc4c(N5CCOC[C@@H]6[C@H](F)[C@@H]65)nc(O)nc4c3F)c12.F[C@@H]1C[C-]2CCCN2C1.[U]. The first-order valence-corrected chi connectivity index (χ1v) is 14.6. The Labute approximate surface area is 284 Å². The average Bonchev–Trinajstić information content (AvgIpc) is 3.31. The van der Waals surface area contributed by atoms with Crippen LogP contribution in [-0.4, -0.2) is 76.2 Å². The molecule has 2 aromatic heterocycles. The van der Waals surface area contributed by atoms with E-state index in [4.69, 9.17) is 16.9 Å². The number of terminal acetylenes is 1. The molecular weight excluding hydrogens is 833 g/mol. The number of fused-ring (bicyclic) bond motifs is 4. The van der Waals surface area contributed by atoms with Crippen LogP contribution in [-0.2, 0) is 4.74 Å². The molecule has 46 heavy (non-hydrogen) atoms. The molecule has 14 heteroatoms. The first-order valence-electron chi connectivity index (χ1n) is 14.6. The van der Waals surface area contributed by atoms with Gasteiger partial charge in [0.1, 0.15) is 23.2 Å². The van der Waals surface area contributed by atoms with Crippen LogP contribution < -0.4 is 10.6 Å². The summed E-state index contributed by atoms with van der Waals surface area (Å²) in [7, 11) is 0. The van der Waals surface area contributed by atoms with Crippen LogP contribution in [0.2, 0.25) is 0 Å². The van der Waals surface area contributed by atoms with Crippen LogP contribution in [0.4, 0.5) is 33.5 Å². The fourth-order valence-electron chi connectivity index (χ4n) is 6.76. The summed E-state index contributed by atoms with van der Waals surface area (Å²) in [5.41, 5.74) is 5.12. The van der Waals surface area contributed by atoms with Gasteiger partial charge >= 0.3 is 6.01 Å². The van der Waals surface area contributed by atoms with E-state index in [9.17, 15) is 22.7 Å². The summed E-state index contributed by atoms with van der Waals surface area (Å²) >= 11 is 0. The molecule has 0 bridgehead atoms. The van der Waals surface area contributed by atoms with Crippen molar-refractivity contribution < 1.29 is 62.9 Å². The van der Waals surface area contributed by atoms with Gasteiger partial charge in [-0.25, -0.2) is 28.0 Å². The molecule has 1 saturated carbocycles. The third kappa shape index (κ3) is 5.66. The summed E-state index contributed by atoms with van der Waals surface area (Å²) in [4.78, 5) is 15.9. The smallest absolute Gasteiger partial charge is 0.316 e. The Morgan fingerprint density at radius 3 is 2.67 bits per heavy atom. The first-order chi connectivity index (χ1) is 21.7. The van der Waals surface area contributed by atoms with E-state index in [1.165, 1.54) is 30.8 Å². The number of nitrogen functional groups attached to an aromatic ring is 1. The van der Waals surface area contributed by atoms with Crippen LogP contribution in [0.1, 0.15) is 24.8 Å². The van der Waals surface area contributed by atoms with Gasteiger partial charge in [-0.15, -0.1) is 12.8 Å². The van der Waals surface area contributed by atoms with Crippen molar-refractivity contribution in [3.63, 3.8) is 0 Å². The molecule has 238 valence electrons. The molecular formula is C32H28F5N6O2U-. The molecule has 3 aliphatic heterocycles. The Morgan fingerprint density at radius 2 is 1.91 bits per heavy atom. The zero-order chi connectivity index (χ0) is 31.6. The number of halogens is 5. The fraction of sp³-hybridized carbons (Fsp3) is 0.375. The summed E-state index contributed by atoms with van der Waals surface area (Å²) < 4.78 is 77.0. The number of hydrogen-bond donors (Lipinski definition) is 2. The van der Waals surface area contributed by atoms with E-state index < -0.39 is 47.4 Å². The van der Waals surface area contributed by atoms with E-state index in [-0.39, 0.29) is 94.6 Å². The number of pyridine rings is 1. The number of ether oxygens (including phenoxy) is 1. The van der Waals surface area contributed by atoms with Gasteiger partial charge in [-0.3, -0.25) is 4.98 Å². The van der Waals surface area contributed by atoms with Crippen molar-refractivity contribution in [2.24, 2.45) is 5.92 Å². The minimum absolute atomic E-state index is 0. The average molecular weight is 862 g/mol. The molecule has 0 unspecified atom stereocenters. The molecule has 0 spiro atoms. The predicted octanol–water partition coefficient (Wildman–Crippen LogP) is 5.06. The molecule has 4 fully saturated rings. The second-order valence-electron chi connectivity index (χ2n) is 11.7. The van der Waals surface area contributed by atoms with Crippen LogP contribution in [0.5, 0.6) is 6.01 Å². The van der Waals surface area contributed by atoms with Crippen LogP contribution in [0.3, 0.4) is 0 Å². The van der Waals surface area contributed by atoms with Crippen molar-refractivity contribution in [3.8, 4) is 29.6 Å². The summed E-state index contributed by atoms with van der Waals surface area (Å²) in [6.45, 7) is 2.61. The minimum Gasteiger partial charge on any atom is -0.479 e. The summed E-state index contributed by atoms with van der Waals surface area (Å²) in [5.74, 6) is -1.52. The maximum absolute atomic E-state index is 16.0. The molecule has 8 rings (SSSR count). The number of hydrogen-bond acceptors (Lipinski definition) is 8. The van der Waals surface area contributed by atoms with Gasteiger partial charge in [-0.1, -0.05) is 12.3 Å². The van der Waals surface area contributed by atoms with Crippen LogP contribution in [0, 0.1) is 72.9 Å². The quantitative estimate of drug-likeness (QED) is 0.125. The Hall–Kier alpha value is -3.23. The standard InChI is InChI=1S/C25H17F4N5O2.C7H11FN.U/c1-2-12-17-10(6-16(26)18(12)27)5-11(30)7-13(17)21-20(29)22-14(8-31-21)24(33-25(35)32-22)34-3-4-36-9-15-19(28)23(15)34;8-6-4-7-2-1-3-9(7)5-6;/h1,5-8,15,19,23H,3-4,9,30H2,(H,32,33,35);6H,1-5H2;/q;-1;/t15-,19+,23-;6-;/m11./s1. The molecule has 2 aromatic carbocycles. The Balaban J connectivity index is 0.000000318. The van der Waals surface area contributed by atoms with E-state index in [1.54, 1.807) is 4.90 Å². The molecule has 1 aliphatic carbocycles. The second kappa shape index (κ2) is 12.8. The van der Waals surface area contributed by atoms with Crippen LogP contribution in [0.15, 0.2) is 24.4 Å². The van der Waals surface area contributed by atoms with Crippen molar-refractivity contribution >= 4 is 33.2 Å². The number of nitrogens with two attached hydrogens (primary N) is 1. The number of nitrogens with zero attached hydrogens (tertiary/aromatic N) is 5. The third-order valence-corrected chi connectivity index (χ3v) is 8.87. The third-order valence-electron chi connectivity index (χ3n) is 8.87. The Kier molecular flexibility index (Phi) is 9.07. The van der Waals surface area contributed by atoms with Gasteiger partial charge in [0.2, 0.25) is 0 Å². The number of aromatic nitrogens is 3. The van der Waals surface area contributed by atoms with Crippen molar-refractivity contribution in [2.75, 3.05) is 43.5 Å². The molecule has 3 N–H and O–H groups in total. The zero-order valence-corrected chi connectivity index (χ0v) is 28.6. The van der Waals surface area contributed by atoms with E-state index in [0.717, 1.165) is 25.5 Å². The number of rotatable bonds is 2. The molecule has 4 aliphatic rings. The van der Waals surface area contributed by atoms with Gasteiger partial charge in [0.25, 0.3) is 0 Å². The number of anilines is 2. The van der Waals surface area contributed by atoms with Crippen molar-refractivity contribution in [1.29, 1.82) is 0 Å². The Morgan fingerprint density at radius 1 is 1.11 bits per heavy atom. The molecule has 4 aromatic rings. The molecule has 8 nitrogen and oxygen atoms in total. The fourth-order valence-corrected chi connectivity index (χ4v) is 6.76. The normalized spacial score (nSPS) is 24.0. The summed E-state index contributed by atoms with van der Waals surface area (Å²) in [6.07, 6.45) is 8.17. The monoisotopic (exact) mass is 861 g/mol. The van der Waals surface area contributed by atoms with Crippen molar-refractivity contribution in [1.82, 2.24) is 19.9 Å². The van der Waals surface area contributed by atoms with Gasteiger partial charge in [0.15, 0.2) is 17.5 Å².